The topological polar surface area (TPSA) is 70.5 Å². The second kappa shape index (κ2) is 8.46. The zero-order valence-corrected chi connectivity index (χ0v) is 16.1. The highest BCUT2D eigenvalue weighted by Crippen LogP contribution is 2.18. The molecule has 1 aromatic carbocycles. The Labute approximate surface area is 165 Å². The molecule has 28 heavy (non-hydrogen) atoms. The zero-order valence-electron chi connectivity index (χ0n) is 16.1. The number of hydrogen-bond acceptors (Lipinski definition) is 3. The Balaban J connectivity index is 1.29. The molecule has 0 spiro atoms. The largest absolute Gasteiger partial charge is 0.335 e. The van der Waals surface area contributed by atoms with E-state index in [1.807, 2.05) is 46.3 Å². The Morgan fingerprint density at radius 3 is 2.25 bits per heavy atom. The fourth-order valence-electron chi connectivity index (χ4n) is 3.99. The van der Waals surface area contributed by atoms with Crippen LogP contribution in [0.25, 0.3) is 5.69 Å². The molecule has 0 bridgehead atoms. The van der Waals surface area contributed by atoms with Crippen LogP contribution in [0.1, 0.15) is 42.5 Å². The Morgan fingerprint density at radius 2 is 1.61 bits per heavy atom. The van der Waals surface area contributed by atoms with Crippen molar-refractivity contribution in [2.75, 3.05) is 26.2 Å². The first kappa shape index (κ1) is 18.5. The molecule has 1 aromatic heterocycles. The molecule has 0 unspecified atom stereocenters. The molecule has 1 saturated carbocycles. The number of nitrogens with one attached hydrogen (secondary N) is 1. The Morgan fingerprint density at radius 1 is 0.929 bits per heavy atom. The summed E-state index contributed by atoms with van der Waals surface area (Å²) in [5.41, 5.74) is 1.58. The van der Waals surface area contributed by atoms with Gasteiger partial charge in [-0.3, -0.25) is 4.79 Å². The summed E-state index contributed by atoms with van der Waals surface area (Å²) in [6, 6.07) is 9.66. The second-order valence-electron chi connectivity index (χ2n) is 7.56. The summed E-state index contributed by atoms with van der Waals surface area (Å²) in [5.74, 6) is 0.0133. The number of rotatable bonds is 3. The average Bonchev–Trinajstić information content (AvgIpc) is 3.29. The van der Waals surface area contributed by atoms with E-state index in [-0.39, 0.29) is 11.9 Å². The first-order valence-corrected chi connectivity index (χ1v) is 10.2. The van der Waals surface area contributed by atoms with Crippen molar-refractivity contribution in [3.8, 4) is 5.69 Å². The number of benzene rings is 1. The molecule has 1 saturated heterocycles. The summed E-state index contributed by atoms with van der Waals surface area (Å²) < 4.78 is 1.76. The number of carbonyl (C=O) groups is 2. The van der Waals surface area contributed by atoms with E-state index >= 15 is 0 Å². The predicted octanol–water partition coefficient (Wildman–Crippen LogP) is 2.67. The summed E-state index contributed by atoms with van der Waals surface area (Å²) >= 11 is 0. The van der Waals surface area contributed by atoms with Crippen LogP contribution in [0.5, 0.6) is 0 Å². The van der Waals surface area contributed by atoms with E-state index in [0.717, 1.165) is 18.5 Å². The molecule has 2 aliphatic rings. The van der Waals surface area contributed by atoms with Crippen LogP contribution in [-0.4, -0.2) is 63.7 Å². The molecule has 2 aromatic rings. The third-order valence-electron chi connectivity index (χ3n) is 5.67. The lowest BCUT2D eigenvalue weighted by Crippen LogP contribution is -2.54. The third-order valence-corrected chi connectivity index (χ3v) is 5.67. The van der Waals surface area contributed by atoms with Crippen molar-refractivity contribution in [1.82, 2.24) is 24.9 Å². The van der Waals surface area contributed by atoms with Crippen LogP contribution in [0, 0.1) is 0 Å². The normalized spacial score (nSPS) is 18.1. The standard InChI is InChI=1S/C21H27N5O2/c27-20(17-7-9-19(10-8-17)26-12-4-11-22-26)24-13-15-25(16-14-24)21(28)23-18-5-2-1-3-6-18/h4,7-12,18H,1-3,5-6,13-16H2,(H,23,28). The molecular weight excluding hydrogens is 354 g/mol. The molecule has 7 nitrogen and oxygen atoms in total. The minimum Gasteiger partial charge on any atom is -0.335 e. The number of hydrogen-bond donors (Lipinski definition) is 1. The van der Waals surface area contributed by atoms with E-state index in [0.29, 0.717) is 37.8 Å². The minimum absolute atomic E-state index is 0.0133. The van der Waals surface area contributed by atoms with Gasteiger partial charge in [-0.2, -0.15) is 5.10 Å². The molecular formula is C21H27N5O2. The van der Waals surface area contributed by atoms with Crippen LogP contribution in [0.4, 0.5) is 4.79 Å². The Kier molecular flexibility index (Phi) is 5.60. The SMILES string of the molecule is O=C(NC1CCCCC1)N1CCN(C(=O)c2ccc(-n3cccn3)cc2)CC1. The number of aromatic nitrogens is 2. The van der Waals surface area contributed by atoms with Gasteiger partial charge in [0.05, 0.1) is 5.69 Å². The molecule has 4 rings (SSSR count). The lowest BCUT2D eigenvalue weighted by molar-refractivity contribution is 0.0662. The maximum atomic E-state index is 12.8. The van der Waals surface area contributed by atoms with Gasteiger partial charge in [-0.05, 0) is 43.2 Å². The van der Waals surface area contributed by atoms with Crippen molar-refractivity contribution in [3.05, 3.63) is 48.3 Å². The van der Waals surface area contributed by atoms with Gasteiger partial charge in [-0.1, -0.05) is 19.3 Å². The number of urea groups is 1. The van der Waals surface area contributed by atoms with Crippen LogP contribution in [0.2, 0.25) is 0 Å². The van der Waals surface area contributed by atoms with E-state index in [1.165, 1.54) is 19.3 Å². The smallest absolute Gasteiger partial charge is 0.317 e. The Hall–Kier alpha value is -2.83. The van der Waals surface area contributed by atoms with Gasteiger partial charge in [-0.25, -0.2) is 9.48 Å². The fraction of sp³-hybridized carbons (Fsp3) is 0.476. The number of piperazine rings is 1. The first-order chi connectivity index (χ1) is 13.7. The van der Waals surface area contributed by atoms with Crippen LogP contribution < -0.4 is 5.32 Å². The Bertz CT molecular complexity index is 789. The van der Waals surface area contributed by atoms with E-state index in [4.69, 9.17) is 0 Å². The lowest BCUT2D eigenvalue weighted by atomic mass is 9.96. The van der Waals surface area contributed by atoms with Gasteiger partial charge in [0.1, 0.15) is 0 Å². The van der Waals surface area contributed by atoms with Gasteiger partial charge >= 0.3 is 6.03 Å². The first-order valence-electron chi connectivity index (χ1n) is 10.2. The lowest BCUT2D eigenvalue weighted by Gasteiger charge is -2.36. The molecule has 0 atom stereocenters. The van der Waals surface area contributed by atoms with Gasteiger partial charge in [0.15, 0.2) is 0 Å². The highest BCUT2D eigenvalue weighted by molar-refractivity contribution is 5.94. The summed E-state index contributed by atoms with van der Waals surface area (Å²) in [7, 11) is 0. The van der Waals surface area contributed by atoms with E-state index in [2.05, 4.69) is 10.4 Å². The number of carbonyl (C=O) groups excluding carboxylic acids is 2. The molecule has 148 valence electrons. The van der Waals surface area contributed by atoms with Crippen LogP contribution in [0.15, 0.2) is 42.7 Å². The third kappa shape index (κ3) is 4.18. The summed E-state index contributed by atoms with van der Waals surface area (Å²) in [6.45, 7) is 2.29. The average molecular weight is 381 g/mol. The van der Waals surface area contributed by atoms with Crippen molar-refractivity contribution in [3.63, 3.8) is 0 Å². The summed E-state index contributed by atoms with van der Waals surface area (Å²) in [5, 5.41) is 7.35. The zero-order chi connectivity index (χ0) is 19.3. The van der Waals surface area contributed by atoms with Crippen LogP contribution >= 0.6 is 0 Å². The van der Waals surface area contributed by atoms with Gasteiger partial charge in [0.25, 0.3) is 5.91 Å². The maximum absolute atomic E-state index is 12.8. The predicted molar refractivity (Wildman–Crippen MR) is 106 cm³/mol. The fourth-order valence-corrected chi connectivity index (χ4v) is 3.99. The van der Waals surface area contributed by atoms with Crippen molar-refractivity contribution in [2.45, 2.75) is 38.1 Å². The number of amides is 3. The van der Waals surface area contributed by atoms with E-state index in [9.17, 15) is 9.59 Å². The van der Waals surface area contributed by atoms with Gasteiger partial charge in [0.2, 0.25) is 0 Å². The van der Waals surface area contributed by atoms with E-state index in [1.54, 1.807) is 10.9 Å². The molecule has 1 aliphatic heterocycles. The van der Waals surface area contributed by atoms with Crippen molar-refractivity contribution in [2.24, 2.45) is 0 Å². The monoisotopic (exact) mass is 381 g/mol. The van der Waals surface area contributed by atoms with Crippen LogP contribution in [0.3, 0.4) is 0 Å². The molecule has 7 heteroatoms. The van der Waals surface area contributed by atoms with Gasteiger partial charge < -0.3 is 15.1 Å². The minimum atomic E-state index is 0.0133. The molecule has 2 fully saturated rings. The highest BCUT2D eigenvalue weighted by Gasteiger charge is 2.26. The van der Waals surface area contributed by atoms with Crippen molar-refractivity contribution in [1.29, 1.82) is 0 Å². The van der Waals surface area contributed by atoms with Gasteiger partial charge in [0, 0.05) is 50.2 Å². The molecule has 1 aliphatic carbocycles. The quantitative estimate of drug-likeness (QED) is 0.889. The maximum Gasteiger partial charge on any atom is 0.317 e. The van der Waals surface area contributed by atoms with Crippen molar-refractivity contribution >= 4 is 11.9 Å². The second-order valence-corrected chi connectivity index (χ2v) is 7.56. The van der Waals surface area contributed by atoms with E-state index < -0.39 is 0 Å². The molecule has 0 radical (unpaired) electrons. The highest BCUT2D eigenvalue weighted by atomic mass is 16.2. The summed E-state index contributed by atoms with van der Waals surface area (Å²) in [4.78, 5) is 28.9. The van der Waals surface area contributed by atoms with Crippen LogP contribution in [-0.2, 0) is 0 Å². The molecule has 3 amide bonds. The van der Waals surface area contributed by atoms with Gasteiger partial charge in [-0.15, -0.1) is 0 Å². The molecule has 2 heterocycles. The summed E-state index contributed by atoms with van der Waals surface area (Å²) in [6.07, 6.45) is 9.43. The molecule has 1 N–H and O–H groups in total. The number of nitrogens with zero attached hydrogens (tertiary/aromatic N) is 4. The van der Waals surface area contributed by atoms with Crippen molar-refractivity contribution < 1.29 is 9.59 Å².